The van der Waals surface area contributed by atoms with Gasteiger partial charge in [-0.25, -0.2) is 13.8 Å². The van der Waals surface area contributed by atoms with Crippen molar-refractivity contribution in [1.29, 1.82) is 0 Å². The smallest absolute Gasteiger partial charge is 0.271 e. The molecule has 0 radical (unpaired) electrons. The van der Waals surface area contributed by atoms with E-state index in [9.17, 15) is 13.6 Å². The van der Waals surface area contributed by atoms with E-state index < -0.39 is 17.2 Å². The second-order valence-corrected chi connectivity index (χ2v) is 3.97. The fourth-order valence-electron chi connectivity index (χ4n) is 0.936. The Bertz CT molecular complexity index is 384. The van der Waals surface area contributed by atoms with Gasteiger partial charge in [0, 0.05) is 5.56 Å². The Labute approximate surface area is 97.8 Å². The lowest BCUT2D eigenvalue weighted by molar-refractivity contribution is 0.106. The number of pyridine rings is 1. The summed E-state index contributed by atoms with van der Waals surface area (Å²) in [5, 5.41) is -0.960. The molecule has 0 aliphatic heterocycles. The van der Waals surface area contributed by atoms with Crippen LogP contribution in [0.15, 0.2) is 6.07 Å². The molecule has 0 aliphatic rings. The minimum atomic E-state index is -2.74. The first-order valence-corrected chi connectivity index (χ1v) is 5.04. The number of halogens is 4. The van der Waals surface area contributed by atoms with Gasteiger partial charge in [0.05, 0.1) is 0 Å². The third-order valence-corrected chi connectivity index (χ3v) is 2.87. The second-order valence-electron chi connectivity index (χ2n) is 2.61. The summed E-state index contributed by atoms with van der Waals surface area (Å²) in [5.74, 6) is 0. The molecule has 0 saturated heterocycles. The molecule has 0 atom stereocenters. The van der Waals surface area contributed by atoms with Crippen LogP contribution < -0.4 is 0 Å². The molecule has 1 heterocycles. The molecule has 2 nitrogen and oxygen atoms in total. The van der Waals surface area contributed by atoms with E-state index in [2.05, 4.69) is 4.98 Å². The first-order chi connectivity index (χ1) is 6.43. The van der Waals surface area contributed by atoms with Crippen LogP contribution in [0.4, 0.5) is 8.78 Å². The van der Waals surface area contributed by atoms with Crippen molar-refractivity contribution in [1.82, 2.24) is 4.98 Å². The zero-order valence-electron chi connectivity index (χ0n) is 7.02. The molecule has 0 unspecified atom stereocenters. The summed E-state index contributed by atoms with van der Waals surface area (Å²) in [6.07, 6.45) is -2.74. The van der Waals surface area contributed by atoms with Gasteiger partial charge in [-0.05, 0) is 52.7 Å². The summed E-state index contributed by atoms with van der Waals surface area (Å²) in [5.41, 5.74) is -0.179. The second kappa shape index (κ2) is 4.48. The molecule has 6 heteroatoms. The van der Waals surface area contributed by atoms with Crippen molar-refractivity contribution in [2.75, 3.05) is 0 Å². The highest BCUT2D eigenvalue weighted by Gasteiger charge is 2.20. The fraction of sp³-hybridized carbons (Fsp3) is 0.250. The van der Waals surface area contributed by atoms with Crippen molar-refractivity contribution in [3.63, 3.8) is 0 Å². The number of hydrogen-bond donors (Lipinski definition) is 0. The molecule has 1 aromatic rings. The Kier molecular flexibility index (Phi) is 3.77. The van der Waals surface area contributed by atoms with E-state index >= 15 is 0 Å². The predicted octanol–water partition coefficient (Wildman–Crippen LogP) is 3.31. The molecular formula is C8H5ClF2INO. The van der Waals surface area contributed by atoms with Crippen LogP contribution in [0, 0.1) is 10.6 Å². The summed E-state index contributed by atoms with van der Waals surface area (Å²) in [4.78, 5) is 14.5. The number of rotatable bonds is 2. The number of hydrogen-bond acceptors (Lipinski definition) is 2. The van der Waals surface area contributed by atoms with Crippen LogP contribution in [0.25, 0.3) is 0 Å². The zero-order chi connectivity index (χ0) is 10.9. The third-order valence-electron chi connectivity index (χ3n) is 1.60. The highest BCUT2D eigenvalue weighted by Crippen LogP contribution is 2.25. The fourth-order valence-corrected chi connectivity index (χ4v) is 1.48. The maximum Gasteiger partial charge on any atom is 0.271 e. The quantitative estimate of drug-likeness (QED) is 0.473. The van der Waals surface area contributed by atoms with Crippen LogP contribution in [0.5, 0.6) is 0 Å². The Balaban J connectivity index is 3.39. The van der Waals surface area contributed by atoms with Gasteiger partial charge in [0.25, 0.3) is 11.7 Å². The van der Waals surface area contributed by atoms with Crippen LogP contribution >= 0.6 is 34.2 Å². The molecular weight excluding hydrogens is 326 g/mol. The molecule has 0 spiro atoms. The van der Waals surface area contributed by atoms with Crippen molar-refractivity contribution in [2.24, 2.45) is 0 Å². The molecule has 14 heavy (non-hydrogen) atoms. The van der Waals surface area contributed by atoms with Gasteiger partial charge < -0.3 is 0 Å². The molecule has 0 bridgehead atoms. The lowest BCUT2D eigenvalue weighted by atomic mass is 10.1. The highest BCUT2D eigenvalue weighted by atomic mass is 127. The topological polar surface area (TPSA) is 30.0 Å². The molecule has 0 aliphatic carbocycles. The van der Waals surface area contributed by atoms with E-state index in [1.165, 1.54) is 6.07 Å². The number of alkyl halides is 2. The van der Waals surface area contributed by atoms with Gasteiger partial charge in [-0.1, -0.05) is 0 Å². The van der Waals surface area contributed by atoms with Gasteiger partial charge in [0.15, 0.2) is 0 Å². The third kappa shape index (κ3) is 2.38. The van der Waals surface area contributed by atoms with Gasteiger partial charge in [0.2, 0.25) is 0 Å². The monoisotopic (exact) mass is 331 g/mol. The molecule has 0 saturated carbocycles. The van der Waals surface area contributed by atoms with Crippen LogP contribution in [0.3, 0.4) is 0 Å². The zero-order valence-corrected chi connectivity index (χ0v) is 9.94. The Morgan fingerprint density at radius 3 is 2.64 bits per heavy atom. The van der Waals surface area contributed by atoms with Crippen LogP contribution in [-0.2, 0) is 0 Å². The van der Waals surface area contributed by atoms with Gasteiger partial charge in [0.1, 0.15) is 9.39 Å². The van der Waals surface area contributed by atoms with Gasteiger partial charge >= 0.3 is 0 Å². The van der Waals surface area contributed by atoms with Gasteiger partial charge in [-0.15, -0.1) is 0 Å². The minimum Gasteiger partial charge on any atom is -0.274 e. The standard InChI is InChI=1S/C8H5ClF2INO/c1-3-2-4(7(10)11)5(6(9)14)13-8(3)12/h2,7H,1H3. The maximum atomic E-state index is 12.4. The first-order valence-electron chi connectivity index (χ1n) is 3.58. The van der Waals surface area contributed by atoms with E-state index in [0.29, 0.717) is 9.26 Å². The van der Waals surface area contributed by atoms with Gasteiger partial charge in [-0.2, -0.15) is 0 Å². The Morgan fingerprint density at radius 2 is 2.21 bits per heavy atom. The molecule has 0 fully saturated rings. The molecule has 0 N–H and O–H groups in total. The van der Waals surface area contributed by atoms with Crippen molar-refractivity contribution in [2.45, 2.75) is 13.3 Å². The van der Waals surface area contributed by atoms with E-state index in [1.807, 2.05) is 22.6 Å². The normalized spacial score (nSPS) is 10.7. The SMILES string of the molecule is Cc1cc(C(F)F)c(C(=O)Cl)nc1I. The number of nitrogens with zero attached hydrogens (tertiary/aromatic N) is 1. The van der Waals surface area contributed by atoms with Crippen LogP contribution in [0.1, 0.15) is 28.0 Å². The van der Waals surface area contributed by atoms with E-state index in [1.54, 1.807) is 6.92 Å². The maximum absolute atomic E-state index is 12.4. The van der Waals surface area contributed by atoms with E-state index in [4.69, 9.17) is 11.6 Å². The number of carbonyl (C=O) groups excluding carboxylic acids is 1. The minimum absolute atomic E-state index is 0.364. The summed E-state index contributed by atoms with van der Waals surface area (Å²) in [6, 6.07) is 1.23. The summed E-state index contributed by atoms with van der Waals surface area (Å²) in [7, 11) is 0. The van der Waals surface area contributed by atoms with E-state index in [0.717, 1.165) is 0 Å². The summed E-state index contributed by atoms with van der Waals surface area (Å²) >= 11 is 7.00. The first kappa shape index (κ1) is 11.8. The average molecular weight is 331 g/mol. The molecule has 0 aromatic carbocycles. The van der Waals surface area contributed by atoms with Crippen molar-refractivity contribution in [3.8, 4) is 0 Å². The summed E-state index contributed by atoms with van der Waals surface area (Å²) in [6.45, 7) is 1.64. The molecule has 1 rings (SSSR count). The van der Waals surface area contributed by atoms with Crippen molar-refractivity contribution < 1.29 is 13.6 Å². The van der Waals surface area contributed by atoms with E-state index in [-0.39, 0.29) is 5.69 Å². The molecule has 0 amide bonds. The van der Waals surface area contributed by atoms with Crippen LogP contribution in [0.2, 0.25) is 0 Å². The van der Waals surface area contributed by atoms with Crippen molar-refractivity contribution in [3.05, 3.63) is 26.6 Å². The molecule has 76 valence electrons. The number of aromatic nitrogens is 1. The van der Waals surface area contributed by atoms with Gasteiger partial charge in [-0.3, -0.25) is 4.79 Å². The number of aryl methyl sites for hydroxylation is 1. The average Bonchev–Trinajstić information content (AvgIpc) is 2.08. The number of carbonyl (C=O) groups is 1. The predicted molar refractivity (Wildman–Crippen MR) is 56.8 cm³/mol. The Morgan fingerprint density at radius 1 is 1.64 bits per heavy atom. The summed E-state index contributed by atoms with van der Waals surface area (Å²) < 4.78 is 25.4. The Hall–Kier alpha value is -0.300. The largest absolute Gasteiger partial charge is 0.274 e. The highest BCUT2D eigenvalue weighted by molar-refractivity contribution is 14.1. The van der Waals surface area contributed by atoms with Crippen LogP contribution in [-0.4, -0.2) is 10.2 Å². The lowest BCUT2D eigenvalue weighted by Gasteiger charge is -2.06. The lowest BCUT2D eigenvalue weighted by Crippen LogP contribution is -2.05. The van der Waals surface area contributed by atoms with Crippen molar-refractivity contribution >= 4 is 39.4 Å². The molecule has 1 aromatic heterocycles.